The number of aromatic nitrogens is 2. The first-order chi connectivity index (χ1) is 14.3. The zero-order valence-corrected chi connectivity index (χ0v) is 15.4. The summed E-state index contributed by atoms with van der Waals surface area (Å²) in [5.41, 5.74) is 5.11. The fourth-order valence-electron chi connectivity index (χ4n) is 3.40. The minimum atomic E-state index is 0.203. The monoisotopic (exact) mass is 377 g/mol. The lowest BCUT2D eigenvalue weighted by Gasteiger charge is -2.13. The molecule has 2 aromatic carbocycles. The molecule has 5 nitrogen and oxygen atoms in total. The molecule has 0 N–H and O–H groups in total. The molecule has 0 fully saturated rings. The third-order valence-corrected chi connectivity index (χ3v) is 4.79. The first-order valence-corrected chi connectivity index (χ1v) is 9.15. The maximum atomic E-state index is 10.0. The average Bonchev–Trinajstić information content (AvgIpc) is 3.27. The molecule has 1 aliphatic rings. The van der Waals surface area contributed by atoms with Crippen LogP contribution in [0.4, 0.5) is 0 Å². The molecule has 0 bridgehead atoms. The standard InChI is InChI=1S/C24H15N3O2/c25-14-19-18(17-9-10-22-23(12-17)29-15-28-22)13-21(20-8-4-5-11-26-20)27-24(19)16-6-2-1-3-7-16/h1-13H,15H2. The Morgan fingerprint density at radius 2 is 1.62 bits per heavy atom. The SMILES string of the molecule is N#Cc1c(-c2ccc3c(c2)OCO3)cc(-c2ccccn2)nc1-c1ccccc1. The van der Waals surface area contributed by atoms with Crippen LogP contribution in [0.1, 0.15) is 5.56 Å². The third kappa shape index (κ3) is 3.07. The second-order valence-electron chi connectivity index (χ2n) is 6.54. The molecule has 0 spiro atoms. The number of benzene rings is 2. The molecule has 0 unspecified atom stereocenters. The van der Waals surface area contributed by atoms with E-state index in [1.54, 1.807) is 6.20 Å². The Morgan fingerprint density at radius 3 is 2.41 bits per heavy atom. The molecular formula is C24H15N3O2. The van der Waals surface area contributed by atoms with Crippen LogP contribution in [0.3, 0.4) is 0 Å². The minimum Gasteiger partial charge on any atom is -0.454 e. The molecule has 5 rings (SSSR count). The van der Waals surface area contributed by atoms with Crippen molar-refractivity contribution in [3.05, 3.63) is 84.6 Å². The molecule has 3 heterocycles. The van der Waals surface area contributed by atoms with Gasteiger partial charge in [-0.3, -0.25) is 4.98 Å². The summed E-state index contributed by atoms with van der Waals surface area (Å²) in [7, 11) is 0. The van der Waals surface area contributed by atoms with Gasteiger partial charge in [-0.05, 0) is 35.9 Å². The number of hydrogen-bond donors (Lipinski definition) is 0. The molecule has 29 heavy (non-hydrogen) atoms. The largest absolute Gasteiger partial charge is 0.454 e. The number of nitrogens with zero attached hydrogens (tertiary/aromatic N) is 3. The van der Waals surface area contributed by atoms with E-state index >= 15 is 0 Å². The Bertz CT molecular complexity index is 1230. The molecule has 0 aliphatic carbocycles. The summed E-state index contributed by atoms with van der Waals surface area (Å²) in [6.07, 6.45) is 1.73. The molecule has 0 radical (unpaired) electrons. The molecule has 2 aromatic heterocycles. The van der Waals surface area contributed by atoms with E-state index in [-0.39, 0.29) is 6.79 Å². The highest BCUT2D eigenvalue weighted by Crippen LogP contribution is 2.39. The second-order valence-corrected chi connectivity index (χ2v) is 6.54. The third-order valence-electron chi connectivity index (χ3n) is 4.79. The van der Waals surface area contributed by atoms with Crippen molar-refractivity contribution in [2.24, 2.45) is 0 Å². The van der Waals surface area contributed by atoms with Gasteiger partial charge in [0.1, 0.15) is 6.07 Å². The van der Waals surface area contributed by atoms with Crippen LogP contribution in [0.5, 0.6) is 11.5 Å². The van der Waals surface area contributed by atoms with Gasteiger partial charge in [-0.15, -0.1) is 0 Å². The second kappa shape index (κ2) is 7.10. The van der Waals surface area contributed by atoms with Crippen LogP contribution in [0.15, 0.2) is 79.0 Å². The lowest BCUT2D eigenvalue weighted by molar-refractivity contribution is 0.174. The Balaban J connectivity index is 1.78. The van der Waals surface area contributed by atoms with Crippen LogP contribution in [0.2, 0.25) is 0 Å². The normalized spacial score (nSPS) is 11.8. The molecule has 5 heteroatoms. The van der Waals surface area contributed by atoms with Crippen molar-refractivity contribution in [3.63, 3.8) is 0 Å². The van der Waals surface area contributed by atoms with Crippen LogP contribution in [-0.2, 0) is 0 Å². The van der Waals surface area contributed by atoms with Gasteiger partial charge in [-0.25, -0.2) is 4.98 Å². The molecule has 1 aliphatic heterocycles. The van der Waals surface area contributed by atoms with E-state index in [1.165, 1.54) is 0 Å². The number of fused-ring (bicyclic) bond motifs is 1. The minimum absolute atomic E-state index is 0.203. The van der Waals surface area contributed by atoms with Crippen molar-refractivity contribution in [2.75, 3.05) is 6.79 Å². The summed E-state index contributed by atoms with van der Waals surface area (Å²) in [6, 6.07) is 25.4. The zero-order valence-electron chi connectivity index (χ0n) is 15.4. The van der Waals surface area contributed by atoms with E-state index in [2.05, 4.69) is 11.1 Å². The van der Waals surface area contributed by atoms with Gasteiger partial charge in [0, 0.05) is 17.3 Å². The van der Waals surface area contributed by atoms with E-state index in [9.17, 15) is 5.26 Å². The predicted octanol–water partition coefficient (Wildman–Crippen LogP) is 5.08. The molecule has 138 valence electrons. The Morgan fingerprint density at radius 1 is 0.793 bits per heavy atom. The van der Waals surface area contributed by atoms with Gasteiger partial charge in [0.25, 0.3) is 0 Å². The topological polar surface area (TPSA) is 68.0 Å². The van der Waals surface area contributed by atoms with Crippen molar-refractivity contribution in [2.45, 2.75) is 0 Å². The predicted molar refractivity (Wildman–Crippen MR) is 109 cm³/mol. The lowest BCUT2D eigenvalue weighted by atomic mass is 9.95. The van der Waals surface area contributed by atoms with Gasteiger partial charge in [0.05, 0.1) is 22.6 Å². The summed E-state index contributed by atoms with van der Waals surface area (Å²) < 4.78 is 11.0. The lowest BCUT2D eigenvalue weighted by Crippen LogP contribution is -1.98. The van der Waals surface area contributed by atoms with Crippen LogP contribution in [0.25, 0.3) is 33.8 Å². The molecule has 0 saturated carbocycles. The van der Waals surface area contributed by atoms with Crippen molar-refractivity contribution < 1.29 is 9.47 Å². The van der Waals surface area contributed by atoms with Crippen molar-refractivity contribution in [3.8, 4) is 51.3 Å². The highest BCUT2D eigenvalue weighted by atomic mass is 16.7. The molecule has 4 aromatic rings. The van der Waals surface area contributed by atoms with Crippen LogP contribution < -0.4 is 9.47 Å². The number of hydrogen-bond acceptors (Lipinski definition) is 5. The van der Waals surface area contributed by atoms with Gasteiger partial charge < -0.3 is 9.47 Å². The summed E-state index contributed by atoms with van der Waals surface area (Å²) in [5.74, 6) is 1.37. The zero-order chi connectivity index (χ0) is 19.6. The summed E-state index contributed by atoms with van der Waals surface area (Å²) in [6.45, 7) is 0.203. The average molecular weight is 377 g/mol. The maximum Gasteiger partial charge on any atom is 0.231 e. The molecule has 0 amide bonds. The van der Waals surface area contributed by atoms with Gasteiger partial charge in [-0.2, -0.15) is 5.26 Å². The van der Waals surface area contributed by atoms with Crippen molar-refractivity contribution in [1.82, 2.24) is 9.97 Å². The Labute approximate surface area is 167 Å². The summed E-state index contributed by atoms with van der Waals surface area (Å²) in [5, 5.41) is 10.0. The van der Waals surface area contributed by atoms with Gasteiger partial charge in [0.2, 0.25) is 6.79 Å². The van der Waals surface area contributed by atoms with Crippen LogP contribution in [-0.4, -0.2) is 16.8 Å². The van der Waals surface area contributed by atoms with E-state index in [0.29, 0.717) is 28.5 Å². The Kier molecular flexibility index (Phi) is 4.15. The van der Waals surface area contributed by atoms with E-state index in [4.69, 9.17) is 14.5 Å². The number of nitriles is 1. The van der Waals surface area contributed by atoms with Crippen LogP contribution in [0, 0.1) is 11.3 Å². The highest BCUT2D eigenvalue weighted by Gasteiger charge is 2.20. The van der Waals surface area contributed by atoms with Gasteiger partial charge in [0.15, 0.2) is 11.5 Å². The smallest absolute Gasteiger partial charge is 0.231 e. The molecule has 0 atom stereocenters. The Hall–Kier alpha value is -4.17. The molecular weight excluding hydrogens is 362 g/mol. The first-order valence-electron chi connectivity index (χ1n) is 9.15. The highest BCUT2D eigenvalue weighted by molar-refractivity contribution is 5.84. The fraction of sp³-hybridized carbons (Fsp3) is 0.0417. The molecule has 0 saturated heterocycles. The summed E-state index contributed by atoms with van der Waals surface area (Å²) in [4.78, 5) is 9.24. The van der Waals surface area contributed by atoms with Gasteiger partial charge >= 0.3 is 0 Å². The van der Waals surface area contributed by atoms with E-state index in [1.807, 2.05) is 72.8 Å². The fourth-order valence-corrected chi connectivity index (χ4v) is 3.40. The number of ether oxygens (including phenoxy) is 2. The van der Waals surface area contributed by atoms with Crippen molar-refractivity contribution in [1.29, 1.82) is 5.26 Å². The number of rotatable bonds is 3. The van der Waals surface area contributed by atoms with E-state index < -0.39 is 0 Å². The first kappa shape index (κ1) is 17.0. The van der Waals surface area contributed by atoms with Crippen molar-refractivity contribution >= 4 is 0 Å². The van der Waals surface area contributed by atoms with Gasteiger partial charge in [-0.1, -0.05) is 42.5 Å². The van der Waals surface area contributed by atoms with E-state index in [0.717, 1.165) is 22.4 Å². The van der Waals surface area contributed by atoms with Crippen LogP contribution >= 0.6 is 0 Å². The summed E-state index contributed by atoms with van der Waals surface area (Å²) >= 11 is 0. The maximum absolute atomic E-state index is 10.0. The number of pyridine rings is 2. The quantitative estimate of drug-likeness (QED) is 0.498.